The summed E-state index contributed by atoms with van der Waals surface area (Å²) in [5.74, 6) is 0.651. The second-order valence-electron chi connectivity index (χ2n) is 3.89. The first-order valence-electron chi connectivity index (χ1n) is 5.73. The van der Waals surface area contributed by atoms with E-state index in [9.17, 15) is 8.42 Å². The third kappa shape index (κ3) is 4.45. The largest absolute Gasteiger partial charge is 0.229 e. The Kier molecular flexibility index (Phi) is 6.41. The second-order valence-corrected chi connectivity index (χ2v) is 6.22. The van der Waals surface area contributed by atoms with Gasteiger partial charge in [-0.05, 0) is 18.8 Å². The van der Waals surface area contributed by atoms with Crippen LogP contribution >= 0.6 is 0 Å². The highest BCUT2D eigenvalue weighted by atomic mass is 32.2. The summed E-state index contributed by atoms with van der Waals surface area (Å²) < 4.78 is 22.5. The fourth-order valence-electron chi connectivity index (χ4n) is 2.00. The van der Waals surface area contributed by atoms with E-state index in [0.717, 1.165) is 25.7 Å². The molecule has 86 valence electrons. The van der Waals surface area contributed by atoms with Crippen LogP contribution in [-0.2, 0) is 9.84 Å². The van der Waals surface area contributed by atoms with Gasteiger partial charge < -0.3 is 0 Å². The molecule has 0 heterocycles. The van der Waals surface area contributed by atoms with Crippen LogP contribution in [0.4, 0.5) is 0 Å². The summed E-state index contributed by atoms with van der Waals surface area (Å²) in [5, 5.41) is -0.0452. The van der Waals surface area contributed by atoms with Crippen molar-refractivity contribution in [2.24, 2.45) is 5.92 Å². The smallest absolute Gasteiger partial charge is 0.150 e. The van der Waals surface area contributed by atoms with Gasteiger partial charge in [0.2, 0.25) is 0 Å². The maximum absolute atomic E-state index is 11.2. The van der Waals surface area contributed by atoms with Crippen LogP contribution in [0.1, 0.15) is 52.9 Å². The molecule has 0 aromatic carbocycles. The Hall–Kier alpha value is -0.0500. The van der Waals surface area contributed by atoms with Gasteiger partial charge in [-0.3, -0.25) is 0 Å². The van der Waals surface area contributed by atoms with E-state index in [1.165, 1.54) is 12.7 Å². The van der Waals surface area contributed by atoms with Crippen LogP contribution in [0.2, 0.25) is 0 Å². The van der Waals surface area contributed by atoms with E-state index >= 15 is 0 Å². The van der Waals surface area contributed by atoms with E-state index < -0.39 is 9.84 Å². The Labute approximate surface area is 89.0 Å². The Morgan fingerprint density at radius 3 is 2.21 bits per heavy atom. The Bertz CT molecular complexity index is 232. The molecular formula is C11H24O2S. The standard InChI is InChI=1S/C9H18O2S.C2H6/c1-3-8-5-4-6-9(7-8)12(2,10)11;1-2/h8-9H,3-7H2,1-2H3;1-2H3. The van der Waals surface area contributed by atoms with Gasteiger partial charge in [0.25, 0.3) is 0 Å². The predicted molar refractivity (Wildman–Crippen MR) is 62.2 cm³/mol. The summed E-state index contributed by atoms with van der Waals surface area (Å²) in [4.78, 5) is 0. The van der Waals surface area contributed by atoms with Gasteiger partial charge in [0.1, 0.15) is 9.84 Å². The van der Waals surface area contributed by atoms with Gasteiger partial charge in [-0.25, -0.2) is 8.42 Å². The Morgan fingerprint density at radius 1 is 1.21 bits per heavy atom. The lowest BCUT2D eigenvalue weighted by Gasteiger charge is -2.26. The van der Waals surface area contributed by atoms with Crippen LogP contribution in [0.15, 0.2) is 0 Å². The van der Waals surface area contributed by atoms with E-state index in [2.05, 4.69) is 6.92 Å². The molecule has 0 saturated heterocycles. The van der Waals surface area contributed by atoms with E-state index in [-0.39, 0.29) is 5.25 Å². The first-order valence-corrected chi connectivity index (χ1v) is 7.68. The van der Waals surface area contributed by atoms with Crippen LogP contribution in [0, 0.1) is 5.92 Å². The molecule has 0 aromatic heterocycles. The van der Waals surface area contributed by atoms with Crippen molar-refractivity contribution in [3.05, 3.63) is 0 Å². The van der Waals surface area contributed by atoms with Gasteiger partial charge in [0.05, 0.1) is 5.25 Å². The first kappa shape index (κ1) is 13.9. The summed E-state index contributed by atoms with van der Waals surface area (Å²) in [7, 11) is -2.77. The van der Waals surface area contributed by atoms with Crippen LogP contribution in [0.5, 0.6) is 0 Å². The summed E-state index contributed by atoms with van der Waals surface area (Å²) in [6.45, 7) is 6.15. The molecule has 0 aliphatic heterocycles. The van der Waals surface area contributed by atoms with Gasteiger partial charge in [-0.1, -0.05) is 40.0 Å². The van der Waals surface area contributed by atoms with Crippen LogP contribution in [0.25, 0.3) is 0 Å². The second kappa shape index (κ2) is 6.44. The molecule has 0 bridgehead atoms. The molecule has 1 rings (SSSR count). The van der Waals surface area contributed by atoms with Gasteiger partial charge in [-0.15, -0.1) is 0 Å². The fraction of sp³-hybridized carbons (Fsp3) is 1.00. The van der Waals surface area contributed by atoms with Gasteiger partial charge in [-0.2, -0.15) is 0 Å². The summed E-state index contributed by atoms with van der Waals surface area (Å²) >= 11 is 0. The van der Waals surface area contributed by atoms with E-state index in [0.29, 0.717) is 5.92 Å². The fourth-order valence-corrected chi connectivity index (χ4v) is 3.22. The third-order valence-electron chi connectivity index (χ3n) is 2.92. The van der Waals surface area contributed by atoms with Crippen molar-refractivity contribution >= 4 is 9.84 Å². The van der Waals surface area contributed by atoms with Gasteiger partial charge in [0.15, 0.2) is 0 Å². The molecule has 0 aromatic rings. The molecule has 2 unspecified atom stereocenters. The maximum Gasteiger partial charge on any atom is 0.150 e. The van der Waals surface area contributed by atoms with Gasteiger partial charge in [0, 0.05) is 6.26 Å². The van der Waals surface area contributed by atoms with Crippen LogP contribution in [0.3, 0.4) is 0 Å². The van der Waals surface area contributed by atoms with E-state index in [1.54, 1.807) is 0 Å². The lowest BCUT2D eigenvalue weighted by molar-refractivity contribution is 0.349. The highest BCUT2D eigenvalue weighted by Crippen LogP contribution is 2.29. The normalized spacial score (nSPS) is 27.7. The lowest BCUT2D eigenvalue weighted by atomic mass is 9.87. The molecule has 2 nitrogen and oxygen atoms in total. The summed E-state index contributed by atoms with van der Waals surface area (Å²) in [6.07, 6.45) is 6.60. The molecule has 1 saturated carbocycles. The molecule has 1 fully saturated rings. The Morgan fingerprint density at radius 2 is 1.79 bits per heavy atom. The number of hydrogen-bond acceptors (Lipinski definition) is 2. The molecule has 0 spiro atoms. The zero-order valence-corrected chi connectivity index (χ0v) is 10.7. The van der Waals surface area contributed by atoms with Crippen molar-refractivity contribution in [1.82, 2.24) is 0 Å². The highest BCUT2D eigenvalue weighted by molar-refractivity contribution is 7.91. The lowest BCUT2D eigenvalue weighted by Crippen LogP contribution is -2.27. The highest BCUT2D eigenvalue weighted by Gasteiger charge is 2.27. The molecule has 14 heavy (non-hydrogen) atoms. The van der Waals surface area contributed by atoms with Crippen molar-refractivity contribution in [1.29, 1.82) is 0 Å². The molecule has 0 N–H and O–H groups in total. The van der Waals surface area contributed by atoms with Gasteiger partial charge >= 0.3 is 0 Å². The molecule has 0 radical (unpaired) electrons. The topological polar surface area (TPSA) is 34.1 Å². The predicted octanol–water partition coefficient (Wildman–Crippen LogP) is 3.03. The number of hydrogen-bond donors (Lipinski definition) is 0. The zero-order chi connectivity index (χ0) is 11.2. The summed E-state index contributed by atoms with van der Waals surface area (Å²) in [5.41, 5.74) is 0. The van der Waals surface area contributed by atoms with Crippen molar-refractivity contribution in [3.8, 4) is 0 Å². The number of sulfone groups is 1. The van der Waals surface area contributed by atoms with E-state index in [1.807, 2.05) is 13.8 Å². The minimum Gasteiger partial charge on any atom is -0.229 e. The van der Waals surface area contributed by atoms with Crippen molar-refractivity contribution in [3.63, 3.8) is 0 Å². The SMILES string of the molecule is CC.CCC1CCCC(S(C)(=O)=O)C1. The molecule has 3 heteroatoms. The maximum atomic E-state index is 11.2. The molecule has 1 aliphatic carbocycles. The monoisotopic (exact) mass is 220 g/mol. The minimum atomic E-state index is -2.77. The average Bonchev–Trinajstić information content (AvgIpc) is 2.20. The van der Waals surface area contributed by atoms with E-state index in [4.69, 9.17) is 0 Å². The first-order chi connectivity index (χ1) is 6.54. The molecule has 2 atom stereocenters. The third-order valence-corrected chi connectivity index (χ3v) is 4.56. The number of rotatable bonds is 2. The molecular weight excluding hydrogens is 196 g/mol. The van der Waals surface area contributed by atoms with Crippen molar-refractivity contribution < 1.29 is 8.42 Å². The molecule has 0 amide bonds. The van der Waals surface area contributed by atoms with Crippen LogP contribution < -0.4 is 0 Å². The molecule has 1 aliphatic rings. The van der Waals surface area contributed by atoms with Crippen LogP contribution in [-0.4, -0.2) is 19.9 Å². The minimum absolute atomic E-state index is 0.0452. The van der Waals surface area contributed by atoms with Crippen molar-refractivity contribution in [2.45, 2.75) is 58.1 Å². The summed E-state index contributed by atoms with van der Waals surface area (Å²) in [6, 6.07) is 0. The quantitative estimate of drug-likeness (QED) is 0.717. The zero-order valence-electron chi connectivity index (χ0n) is 9.91. The van der Waals surface area contributed by atoms with Crippen molar-refractivity contribution in [2.75, 3.05) is 6.26 Å². The average molecular weight is 220 g/mol. The Balaban J connectivity index is 0.000000791.